The highest BCUT2D eigenvalue weighted by atomic mass is 32.1. The van der Waals surface area contributed by atoms with Gasteiger partial charge in [0.05, 0.1) is 16.1 Å². The summed E-state index contributed by atoms with van der Waals surface area (Å²) in [5, 5.41) is 3.21. The number of amides is 2. The molecular weight excluding hydrogens is 394 g/mol. The molecule has 2 heterocycles. The minimum atomic E-state index is -0.625. The van der Waals surface area contributed by atoms with Crippen LogP contribution in [0.4, 0.5) is 5.00 Å². The normalized spacial score (nSPS) is 11.4. The van der Waals surface area contributed by atoms with Crippen LogP contribution in [0.15, 0.2) is 34.9 Å². The fraction of sp³-hybridized carbons (Fsp3) is 0.450. The average molecular weight is 422 g/mol. The Morgan fingerprint density at radius 1 is 1.14 bits per heavy atom. The molecule has 29 heavy (non-hydrogen) atoms. The zero-order chi connectivity index (χ0) is 21.6. The Morgan fingerprint density at radius 3 is 2.45 bits per heavy atom. The zero-order valence-corrected chi connectivity index (χ0v) is 18.2. The molecule has 0 unspecified atom stereocenters. The summed E-state index contributed by atoms with van der Waals surface area (Å²) in [7, 11) is 3.78. The van der Waals surface area contributed by atoms with Crippen LogP contribution in [0.1, 0.15) is 41.0 Å². The predicted octanol–water partition coefficient (Wildman–Crippen LogP) is 2.94. The third-order valence-electron chi connectivity index (χ3n) is 3.64. The van der Waals surface area contributed by atoms with Crippen LogP contribution in [0.2, 0.25) is 0 Å². The maximum atomic E-state index is 13.0. The van der Waals surface area contributed by atoms with Crippen LogP contribution in [0, 0.1) is 0 Å². The summed E-state index contributed by atoms with van der Waals surface area (Å²) < 4.78 is 10.4. The van der Waals surface area contributed by atoms with Crippen LogP contribution in [-0.4, -0.2) is 66.9 Å². The Labute approximate surface area is 174 Å². The number of carbonyl (C=O) groups excluding carboxylic acids is 3. The number of rotatable bonds is 8. The molecule has 2 aromatic rings. The number of hydrogen-bond donors (Lipinski definition) is 1. The molecule has 9 heteroatoms. The lowest BCUT2D eigenvalue weighted by molar-refractivity contribution is -0.155. The molecule has 0 radical (unpaired) electrons. The van der Waals surface area contributed by atoms with E-state index in [9.17, 15) is 14.4 Å². The highest BCUT2D eigenvalue weighted by molar-refractivity contribution is 7.18. The number of anilines is 1. The third kappa shape index (κ3) is 7.35. The van der Waals surface area contributed by atoms with Crippen molar-refractivity contribution < 1.29 is 23.5 Å². The van der Waals surface area contributed by atoms with Crippen LogP contribution in [-0.2, 0) is 9.53 Å². The van der Waals surface area contributed by atoms with E-state index < -0.39 is 17.5 Å². The van der Waals surface area contributed by atoms with Crippen molar-refractivity contribution in [3.8, 4) is 0 Å². The number of esters is 1. The Morgan fingerprint density at radius 2 is 1.86 bits per heavy atom. The van der Waals surface area contributed by atoms with E-state index in [0.717, 1.165) is 11.3 Å². The van der Waals surface area contributed by atoms with Crippen LogP contribution >= 0.6 is 11.3 Å². The Balaban J connectivity index is 2.08. The first kappa shape index (κ1) is 22.6. The fourth-order valence-electron chi connectivity index (χ4n) is 2.36. The lowest BCUT2D eigenvalue weighted by atomic mass is 10.2. The second kappa shape index (κ2) is 9.71. The van der Waals surface area contributed by atoms with Gasteiger partial charge in [0.2, 0.25) is 0 Å². The van der Waals surface area contributed by atoms with Gasteiger partial charge in [-0.15, -0.1) is 11.3 Å². The molecule has 0 bridgehead atoms. The molecule has 0 spiro atoms. The summed E-state index contributed by atoms with van der Waals surface area (Å²) >= 11 is 1.14. The SMILES string of the molecule is CN(C)CCN(CC(=O)OC(C)(C)C)C(=O)c1ccc(NC(=O)c2ccco2)s1. The maximum Gasteiger partial charge on any atom is 0.326 e. The highest BCUT2D eigenvalue weighted by Crippen LogP contribution is 2.24. The molecule has 158 valence electrons. The number of thiophene rings is 1. The summed E-state index contributed by atoms with van der Waals surface area (Å²) in [6.45, 7) is 6.17. The highest BCUT2D eigenvalue weighted by Gasteiger charge is 2.24. The lowest BCUT2D eigenvalue weighted by Crippen LogP contribution is -2.41. The molecular formula is C20H27N3O5S. The summed E-state index contributed by atoms with van der Waals surface area (Å²) in [6.07, 6.45) is 1.41. The average Bonchev–Trinajstić information content (AvgIpc) is 3.27. The van der Waals surface area contributed by atoms with Crippen molar-refractivity contribution in [3.63, 3.8) is 0 Å². The molecule has 1 N–H and O–H groups in total. The maximum absolute atomic E-state index is 13.0. The van der Waals surface area contributed by atoms with Crippen molar-refractivity contribution in [2.45, 2.75) is 26.4 Å². The van der Waals surface area contributed by atoms with Crippen molar-refractivity contribution in [1.82, 2.24) is 9.80 Å². The van der Waals surface area contributed by atoms with Gasteiger partial charge in [0, 0.05) is 13.1 Å². The van der Waals surface area contributed by atoms with Gasteiger partial charge in [0.1, 0.15) is 12.1 Å². The zero-order valence-electron chi connectivity index (χ0n) is 17.4. The summed E-state index contributed by atoms with van der Waals surface area (Å²) in [5.41, 5.74) is -0.625. The van der Waals surface area contributed by atoms with E-state index in [1.54, 1.807) is 45.0 Å². The number of nitrogens with one attached hydrogen (secondary N) is 1. The van der Waals surface area contributed by atoms with Crippen molar-refractivity contribution in [2.75, 3.05) is 39.0 Å². The van der Waals surface area contributed by atoms with Crippen LogP contribution in [0.25, 0.3) is 0 Å². The van der Waals surface area contributed by atoms with Gasteiger partial charge in [-0.25, -0.2) is 0 Å². The van der Waals surface area contributed by atoms with Gasteiger partial charge in [-0.1, -0.05) is 0 Å². The van der Waals surface area contributed by atoms with E-state index in [4.69, 9.17) is 9.15 Å². The van der Waals surface area contributed by atoms with Gasteiger partial charge in [-0.3, -0.25) is 14.4 Å². The Bertz CT molecular complexity index is 837. The van der Waals surface area contributed by atoms with Crippen molar-refractivity contribution in [3.05, 3.63) is 41.2 Å². The van der Waals surface area contributed by atoms with Crippen LogP contribution in [0.3, 0.4) is 0 Å². The van der Waals surface area contributed by atoms with Gasteiger partial charge < -0.3 is 24.3 Å². The van der Waals surface area contributed by atoms with Gasteiger partial charge >= 0.3 is 5.97 Å². The topological polar surface area (TPSA) is 92.1 Å². The molecule has 0 saturated heterocycles. The molecule has 8 nitrogen and oxygen atoms in total. The number of carbonyl (C=O) groups is 3. The van der Waals surface area contributed by atoms with Crippen LogP contribution < -0.4 is 5.32 Å². The lowest BCUT2D eigenvalue weighted by Gasteiger charge is -2.26. The fourth-order valence-corrected chi connectivity index (χ4v) is 3.23. The molecule has 0 fully saturated rings. The Hall–Kier alpha value is -2.65. The first-order valence-electron chi connectivity index (χ1n) is 9.15. The second-order valence-corrected chi connectivity index (χ2v) is 8.80. The third-order valence-corrected chi connectivity index (χ3v) is 4.63. The minimum absolute atomic E-state index is 0.143. The van der Waals surface area contributed by atoms with Gasteiger partial charge in [-0.2, -0.15) is 0 Å². The van der Waals surface area contributed by atoms with Crippen LogP contribution in [0.5, 0.6) is 0 Å². The number of hydrogen-bond acceptors (Lipinski definition) is 7. The summed E-state index contributed by atoms with van der Waals surface area (Å²) in [5.74, 6) is -0.966. The number of nitrogens with zero attached hydrogens (tertiary/aromatic N) is 2. The van der Waals surface area contributed by atoms with Gasteiger partial charge in [0.15, 0.2) is 5.76 Å². The summed E-state index contributed by atoms with van der Waals surface area (Å²) in [6, 6.07) is 6.45. The first-order valence-corrected chi connectivity index (χ1v) is 9.97. The molecule has 0 aliphatic rings. The van der Waals surface area contributed by atoms with E-state index in [1.165, 1.54) is 11.2 Å². The van der Waals surface area contributed by atoms with E-state index in [-0.39, 0.29) is 18.2 Å². The largest absolute Gasteiger partial charge is 0.459 e. The summed E-state index contributed by atoms with van der Waals surface area (Å²) in [4.78, 5) is 41.1. The predicted molar refractivity (Wildman–Crippen MR) is 111 cm³/mol. The second-order valence-electron chi connectivity index (χ2n) is 7.71. The van der Waals surface area contributed by atoms with Crippen molar-refractivity contribution >= 4 is 34.1 Å². The van der Waals surface area contributed by atoms with E-state index in [0.29, 0.717) is 23.0 Å². The molecule has 2 aromatic heterocycles. The molecule has 0 aliphatic carbocycles. The Kier molecular flexibility index (Phi) is 7.58. The molecule has 0 aromatic carbocycles. The number of ether oxygens (including phenoxy) is 1. The monoisotopic (exact) mass is 421 g/mol. The molecule has 0 saturated carbocycles. The van der Waals surface area contributed by atoms with Gasteiger partial charge in [0.25, 0.3) is 11.8 Å². The molecule has 0 aliphatic heterocycles. The standard InChI is InChI=1S/C20H27N3O5S/c1-20(2,3)28-17(24)13-23(11-10-22(4)5)19(26)15-8-9-16(29-15)21-18(25)14-7-6-12-27-14/h6-9,12H,10-11,13H2,1-5H3,(H,21,25). The van der Waals surface area contributed by atoms with Crippen molar-refractivity contribution in [1.29, 1.82) is 0 Å². The number of likely N-dealkylation sites (N-methyl/N-ethyl adjacent to an activating group) is 1. The first-order chi connectivity index (χ1) is 13.5. The van der Waals surface area contributed by atoms with Gasteiger partial charge in [-0.05, 0) is 59.1 Å². The van der Waals surface area contributed by atoms with E-state index in [1.807, 2.05) is 19.0 Å². The molecule has 0 atom stereocenters. The van der Waals surface area contributed by atoms with E-state index >= 15 is 0 Å². The van der Waals surface area contributed by atoms with E-state index in [2.05, 4.69) is 5.32 Å². The molecule has 2 rings (SSSR count). The molecule has 2 amide bonds. The quantitative estimate of drug-likeness (QED) is 0.659. The number of furan rings is 1. The smallest absolute Gasteiger partial charge is 0.326 e. The van der Waals surface area contributed by atoms with Crippen molar-refractivity contribution in [2.24, 2.45) is 0 Å². The minimum Gasteiger partial charge on any atom is -0.459 e.